The van der Waals surface area contributed by atoms with Gasteiger partial charge in [-0.2, -0.15) is 5.10 Å². The number of hydrogen-bond donors (Lipinski definition) is 2. The van der Waals surface area contributed by atoms with E-state index in [1.807, 2.05) is 0 Å². The first-order valence-electron chi connectivity index (χ1n) is 8.63. The van der Waals surface area contributed by atoms with Gasteiger partial charge in [0.15, 0.2) is 34.1 Å². The van der Waals surface area contributed by atoms with E-state index in [9.17, 15) is 27.2 Å². The van der Waals surface area contributed by atoms with Crippen LogP contribution in [0.5, 0.6) is 0 Å². The molecule has 2 aromatic heterocycles. The van der Waals surface area contributed by atoms with Crippen molar-refractivity contribution in [2.45, 2.75) is 5.16 Å². The van der Waals surface area contributed by atoms with Crippen molar-refractivity contribution in [2.24, 2.45) is 0 Å². The van der Waals surface area contributed by atoms with Crippen molar-refractivity contribution in [1.29, 1.82) is 0 Å². The van der Waals surface area contributed by atoms with Crippen LogP contribution in [-0.2, 0) is 4.79 Å². The van der Waals surface area contributed by atoms with Gasteiger partial charge in [0.25, 0.3) is 5.56 Å². The summed E-state index contributed by atoms with van der Waals surface area (Å²) in [5, 5.41) is 8.80. The SMILES string of the molecule is O=C(CSc1nc2[nH]ncc2c(=O)n1-c1ccc(F)c(F)c1)Nc1ccc(F)c(F)c1. The third-order valence-electron chi connectivity index (χ3n) is 4.15. The Kier molecular flexibility index (Phi) is 5.46. The minimum atomic E-state index is -1.16. The zero-order valence-electron chi connectivity index (χ0n) is 15.3. The molecule has 2 aromatic carbocycles. The number of halogens is 4. The number of thioether (sulfide) groups is 1. The number of rotatable bonds is 5. The summed E-state index contributed by atoms with van der Waals surface area (Å²) in [6.45, 7) is 0. The largest absolute Gasteiger partial charge is 0.325 e. The second-order valence-electron chi connectivity index (χ2n) is 6.23. The number of H-pyrrole nitrogens is 1. The van der Waals surface area contributed by atoms with Crippen molar-refractivity contribution in [1.82, 2.24) is 19.7 Å². The molecule has 0 aliphatic heterocycles. The Morgan fingerprint density at radius 2 is 1.74 bits per heavy atom. The van der Waals surface area contributed by atoms with E-state index in [1.165, 1.54) is 18.3 Å². The molecule has 7 nitrogen and oxygen atoms in total. The molecule has 0 radical (unpaired) electrons. The number of benzene rings is 2. The zero-order valence-corrected chi connectivity index (χ0v) is 16.1. The molecule has 2 heterocycles. The maximum atomic E-state index is 13.7. The molecule has 4 rings (SSSR count). The highest BCUT2D eigenvalue weighted by Gasteiger charge is 2.17. The van der Waals surface area contributed by atoms with Gasteiger partial charge < -0.3 is 5.32 Å². The second-order valence-corrected chi connectivity index (χ2v) is 7.17. The van der Waals surface area contributed by atoms with E-state index >= 15 is 0 Å². The fourth-order valence-electron chi connectivity index (χ4n) is 2.72. The number of nitrogens with zero attached hydrogens (tertiary/aromatic N) is 3. The lowest BCUT2D eigenvalue weighted by atomic mass is 10.3. The Balaban J connectivity index is 1.64. The molecule has 0 aliphatic carbocycles. The van der Waals surface area contributed by atoms with Crippen LogP contribution in [0, 0.1) is 23.3 Å². The molecule has 0 fully saturated rings. The van der Waals surface area contributed by atoms with Gasteiger partial charge in [-0.1, -0.05) is 11.8 Å². The lowest BCUT2D eigenvalue weighted by molar-refractivity contribution is -0.113. The Morgan fingerprint density at radius 3 is 2.45 bits per heavy atom. The van der Waals surface area contributed by atoms with E-state index in [1.54, 1.807) is 0 Å². The Morgan fingerprint density at radius 1 is 1.03 bits per heavy atom. The molecule has 0 saturated heterocycles. The number of fused-ring (bicyclic) bond motifs is 1. The fraction of sp³-hybridized carbons (Fsp3) is 0.0526. The molecule has 0 unspecified atom stereocenters. The number of anilines is 1. The van der Waals surface area contributed by atoms with E-state index in [4.69, 9.17) is 0 Å². The summed E-state index contributed by atoms with van der Waals surface area (Å²) in [6, 6.07) is 5.76. The van der Waals surface area contributed by atoms with Crippen LogP contribution in [0.2, 0.25) is 0 Å². The molecule has 0 bridgehead atoms. The van der Waals surface area contributed by atoms with Crippen molar-refractivity contribution in [3.05, 3.63) is 76.2 Å². The molecule has 0 spiro atoms. The number of aromatic amines is 1. The third-order valence-corrected chi connectivity index (χ3v) is 5.09. The number of hydrogen-bond acceptors (Lipinski definition) is 5. The molecular formula is C19H11F4N5O2S. The van der Waals surface area contributed by atoms with Crippen LogP contribution < -0.4 is 10.9 Å². The Labute approximate surface area is 175 Å². The van der Waals surface area contributed by atoms with Crippen LogP contribution in [0.25, 0.3) is 16.7 Å². The molecule has 1 amide bonds. The van der Waals surface area contributed by atoms with Crippen LogP contribution >= 0.6 is 11.8 Å². The molecule has 0 aliphatic rings. The first kappa shape index (κ1) is 20.6. The third kappa shape index (κ3) is 4.14. The zero-order chi connectivity index (χ0) is 22.1. The highest BCUT2D eigenvalue weighted by atomic mass is 32.2. The van der Waals surface area contributed by atoms with Crippen molar-refractivity contribution in [3.63, 3.8) is 0 Å². The highest BCUT2D eigenvalue weighted by molar-refractivity contribution is 7.99. The molecule has 31 heavy (non-hydrogen) atoms. The predicted octanol–water partition coefficient (Wildman–Crippen LogP) is 3.40. The highest BCUT2D eigenvalue weighted by Crippen LogP contribution is 2.22. The van der Waals surface area contributed by atoms with Crippen molar-refractivity contribution in [2.75, 3.05) is 11.1 Å². The van der Waals surface area contributed by atoms with Crippen LogP contribution in [0.1, 0.15) is 0 Å². The maximum absolute atomic E-state index is 13.7. The maximum Gasteiger partial charge on any atom is 0.269 e. The summed E-state index contributed by atoms with van der Waals surface area (Å²) >= 11 is 0.827. The van der Waals surface area contributed by atoms with Crippen LogP contribution in [0.15, 0.2) is 52.5 Å². The van der Waals surface area contributed by atoms with Crippen molar-refractivity contribution < 1.29 is 22.4 Å². The van der Waals surface area contributed by atoms with E-state index in [-0.39, 0.29) is 33.3 Å². The van der Waals surface area contributed by atoms with Crippen molar-refractivity contribution in [3.8, 4) is 5.69 Å². The van der Waals surface area contributed by atoms with Crippen LogP contribution in [0.4, 0.5) is 23.2 Å². The van der Waals surface area contributed by atoms with Crippen LogP contribution in [0.3, 0.4) is 0 Å². The van der Waals surface area contributed by atoms with Gasteiger partial charge in [-0.15, -0.1) is 0 Å². The monoisotopic (exact) mass is 449 g/mol. The average molecular weight is 449 g/mol. The topological polar surface area (TPSA) is 92.7 Å². The standard InChI is InChI=1S/C19H11F4N5O2S/c20-12-3-1-9(5-14(12)22)25-16(29)8-31-19-26-17-11(7-24-27-17)18(30)28(19)10-2-4-13(21)15(23)6-10/h1-7H,8H2,(H,24,27)(H,25,29). The normalized spacial score (nSPS) is 11.1. The number of nitrogens with one attached hydrogen (secondary N) is 2. The summed E-state index contributed by atoms with van der Waals surface area (Å²) in [7, 11) is 0. The number of carbonyl (C=O) groups is 1. The van der Waals surface area contributed by atoms with Crippen LogP contribution in [-0.4, -0.2) is 31.4 Å². The van der Waals surface area contributed by atoms with E-state index in [0.717, 1.165) is 40.6 Å². The number of carbonyl (C=O) groups excluding carboxylic acids is 1. The minimum Gasteiger partial charge on any atom is -0.325 e. The summed E-state index contributed by atoms with van der Waals surface area (Å²) in [5.74, 6) is -5.29. The van der Waals surface area contributed by atoms with Gasteiger partial charge in [0.2, 0.25) is 5.91 Å². The molecule has 12 heteroatoms. The van der Waals surface area contributed by atoms with Gasteiger partial charge in [0.05, 0.1) is 17.6 Å². The van der Waals surface area contributed by atoms with E-state index < -0.39 is 34.7 Å². The lowest BCUT2D eigenvalue weighted by Crippen LogP contribution is -2.22. The smallest absolute Gasteiger partial charge is 0.269 e. The van der Waals surface area contributed by atoms with Gasteiger partial charge in [0.1, 0.15) is 5.39 Å². The molecule has 4 aromatic rings. The van der Waals surface area contributed by atoms with Gasteiger partial charge >= 0.3 is 0 Å². The van der Waals surface area contributed by atoms with Gasteiger partial charge in [0, 0.05) is 17.8 Å². The lowest BCUT2D eigenvalue weighted by Gasteiger charge is -2.12. The van der Waals surface area contributed by atoms with E-state index in [2.05, 4.69) is 20.5 Å². The predicted molar refractivity (Wildman–Crippen MR) is 105 cm³/mol. The fourth-order valence-corrected chi connectivity index (χ4v) is 3.53. The molecule has 0 atom stereocenters. The molecule has 158 valence electrons. The Bertz CT molecular complexity index is 1370. The Hall–Kier alpha value is -3.67. The quantitative estimate of drug-likeness (QED) is 0.277. The summed E-state index contributed by atoms with van der Waals surface area (Å²) < 4.78 is 54.4. The van der Waals surface area contributed by atoms with E-state index in [0.29, 0.717) is 0 Å². The number of amides is 1. The molecule has 2 N–H and O–H groups in total. The van der Waals surface area contributed by atoms with Gasteiger partial charge in [-0.3, -0.25) is 19.3 Å². The van der Waals surface area contributed by atoms with Gasteiger partial charge in [-0.05, 0) is 24.3 Å². The molecular weight excluding hydrogens is 438 g/mol. The molecule has 0 saturated carbocycles. The van der Waals surface area contributed by atoms with Crippen molar-refractivity contribution >= 4 is 34.4 Å². The second kappa shape index (κ2) is 8.22. The summed E-state index contributed by atoms with van der Waals surface area (Å²) in [5.41, 5.74) is -0.414. The first-order valence-corrected chi connectivity index (χ1v) is 9.61. The summed E-state index contributed by atoms with van der Waals surface area (Å²) in [4.78, 5) is 29.3. The number of aromatic nitrogens is 4. The first-order chi connectivity index (χ1) is 14.8. The average Bonchev–Trinajstić information content (AvgIpc) is 3.20. The minimum absolute atomic E-state index is 0.00279. The van der Waals surface area contributed by atoms with Gasteiger partial charge in [-0.25, -0.2) is 22.5 Å². The summed E-state index contributed by atoms with van der Waals surface area (Å²) in [6.07, 6.45) is 1.24.